The summed E-state index contributed by atoms with van der Waals surface area (Å²) >= 11 is 0. The molecule has 106 valence electrons. The van der Waals surface area contributed by atoms with Crippen molar-refractivity contribution in [2.75, 3.05) is 26.2 Å². The number of rotatable bonds is 6. The van der Waals surface area contributed by atoms with Crippen molar-refractivity contribution in [2.24, 2.45) is 5.92 Å². The van der Waals surface area contributed by atoms with Gasteiger partial charge < -0.3 is 5.32 Å². The van der Waals surface area contributed by atoms with Gasteiger partial charge in [-0.1, -0.05) is 32.6 Å². The van der Waals surface area contributed by atoms with Gasteiger partial charge in [0.25, 0.3) is 0 Å². The second-order valence-electron chi connectivity index (χ2n) is 6.30. The average Bonchev–Trinajstić information content (AvgIpc) is 2.80. The van der Waals surface area contributed by atoms with Gasteiger partial charge in [-0.15, -0.1) is 0 Å². The van der Waals surface area contributed by atoms with E-state index in [2.05, 4.69) is 17.1 Å². The molecule has 0 radical (unpaired) electrons. The Morgan fingerprint density at radius 3 is 2.56 bits per heavy atom. The molecule has 1 saturated carbocycles. The summed E-state index contributed by atoms with van der Waals surface area (Å²) in [7, 11) is 0. The molecule has 2 aliphatic rings. The molecule has 0 aromatic heterocycles. The largest absolute Gasteiger partial charge is 0.315 e. The molecule has 1 heterocycles. The summed E-state index contributed by atoms with van der Waals surface area (Å²) in [5, 5.41) is 3.70. The lowest BCUT2D eigenvalue weighted by molar-refractivity contribution is 0.194. The second-order valence-corrected chi connectivity index (χ2v) is 6.30. The van der Waals surface area contributed by atoms with Crippen molar-refractivity contribution < 1.29 is 0 Å². The lowest BCUT2D eigenvalue weighted by atomic mass is 10.1. The van der Waals surface area contributed by atoms with Crippen LogP contribution in [-0.2, 0) is 0 Å². The number of nitrogens with zero attached hydrogens (tertiary/aromatic N) is 1. The number of hydrogen-bond acceptors (Lipinski definition) is 2. The molecule has 18 heavy (non-hydrogen) atoms. The van der Waals surface area contributed by atoms with Crippen LogP contribution in [0.25, 0.3) is 0 Å². The van der Waals surface area contributed by atoms with E-state index in [4.69, 9.17) is 0 Å². The Kier molecular flexibility index (Phi) is 6.50. The van der Waals surface area contributed by atoms with Crippen LogP contribution in [0.2, 0.25) is 0 Å². The summed E-state index contributed by atoms with van der Waals surface area (Å²) in [6.45, 7) is 7.43. The first-order valence-corrected chi connectivity index (χ1v) is 8.35. The van der Waals surface area contributed by atoms with Gasteiger partial charge in [-0.3, -0.25) is 4.90 Å². The van der Waals surface area contributed by atoms with Gasteiger partial charge in [0.1, 0.15) is 0 Å². The van der Waals surface area contributed by atoms with Crippen molar-refractivity contribution in [1.82, 2.24) is 10.2 Å². The smallest absolute Gasteiger partial charge is 0.0110 e. The molecule has 2 heteroatoms. The number of likely N-dealkylation sites (tertiary alicyclic amines) is 1. The third-order valence-corrected chi connectivity index (χ3v) is 4.95. The minimum Gasteiger partial charge on any atom is -0.315 e. The van der Waals surface area contributed by atoms with Crippen LogP contribution in [0.5, 0.6) is 0 Å². The highest BCUT2D eigenvalue weighted by Crippen LogP contribution is 2.23. The van der Waals surface area contributed by atoms with E-state index in [-0.39, 0.29) is 0 Å². The Morgan fingerprint density at radius 2 is 1.78 bits per heavy atom. The maximum atomic E-state index is 3.70. The van der Waals surface area contributed by atoms with Crippen LogP contribution in [0.4, 0.5) is 0 Å². The Balaban J connectivity index is 1.61. The van der Waals surface area contributed by atoms with Gasteiger partial charge in [-0.2, -0.15) is 0 Å². The second kappa shape index (κ2) is 8.16. The van der Waals surface area contributed by atoms with Gasteiger partial charge >= 0.3 is 0 Å². The lowest BCUT2D eigenvalue weighted by Gasteiger charge is -2.29. The fourth-order valence-corrected chi connectivity index (χ4v) is 3.74. The highest BCUT2D eigenvalue weighted by atomic mass is 15.2. The van der Waals surface area contributed by atoms with E-state index in [1.165, 1.54) is 84.0 Å². The summed E-state index contributed by atoms with van der Waals surface area (Å²) in [5.74, 6) is 0.983. The number of nitrogens with one attached hydrogen (secondary N) is 1. The van der Waals surface area contributed by atoms with Crippen LogP contribution in [0.15, 0.2) is 0 Å². The van der Waals surface area contributed by atoms with E-state index in [0.717, 1.165) is 12.0 Å². The Morgan fingerprint density at radius 1 is 1.00 bits per heavy atom. The van der Waals surface area contributed by atoms with Crippen molar-refractivity contribution in [2.45, 2.75) is 70.8 Å². The first kappa shape index (κ1) is 14.3. The molecule has 0 aromatic rings. The molecule has 2 nitrogen and oxygen atoms in total. The van der Waals surface area contributed by atoms with E-state index in [1.54, 1.807) is 0 Å². The highest BCUT2D eigenvalue weighted by molar-refractivity contribution is 4.75. The molecule has 1 unspecified atom stereocenters. The Labute approximate surface area is 114 Å². The predicted octanol–water partition coefficient (Wildman–Crippen LogP) is 3.42. The van der Waals surface area contributed by atoms with E-state index < -0.39 is 0 Å². The van der Waals surface area contributed by atoms with E-state index >= 15 is 0 Å². The zero-order chi connectivity index (χ0) is 12.6. The van der Waals surface area contributed by atoms with Crippen LogP contribution in [0, 0.1) is 5.92 Å². The minimum absolute atomic E-state index is 0.862. The van der Waals surface area contributed by atoms with Gasteiger partial charge in [0.2, 0.25) is 0 Å². The Hall–Kier alpha value is -0.0800. The molecular formula is C16H32N2. The van der Waals surface area contributed by atoms with Crippen molar-refractivity contribution in [3.8, 4) is 0 Å². The summed E-state index contributed by atoms with van der Waals surface area (Å²) in [6, 6.07) is 0.862. The number of hydrogen-bond donors (Lipinski definition) is 1. The molecule has 1 N–H and O–H groups in total. The molecule has 2 fully saturated rings. The molecule has 1 saturated heterocycles. The zero-order valence-electron chi connectivity index (χ0n) is 12.3. The maximum Gasteiger partial charge on any atom is 0.0110 e. The third kappa shape index (κ3) is 4.55. The molecule has 0 aromatic carbocycles. The van der Waals surface area contributed by atoms with Crippen LogP contribution >= 0.6 is 0 Å². The molecule has 2 rings (SSSR count). The summed E-state index contributed by atoms with van der Waals surface area (Å²) < 4.78 is 0. The van der Waals surface area contributed by atoms with Crippen LogP contribution in [-0.4, -0.2) is 37.1 Å². The maximum absolute atomic E-state index is 3.70. The molecule has 0 spiro atoms. The fraction of sp³-hybridized carbons (Fsp3) is 1.00. The summed E-state index contributed by atoms with van der Waals surface area (Å²) in [5.41, 5.74) is 0. The normalized spacial score (nSPS) is 27.5. The van der Waals surface area contributed by atoms with Crippen LogP contribution in [0.1, 0.15) is 64.7 Å². The average molecular weight is 252 g/mol. The van der Waals surface area contributed by atoms with Gasteiger partial charge in [0.05, 0.1) is 0 Å². The fourth-order valence-electron chi connectivity index (χ4n) is 3.74. The molecule has 0 amide bonds. The zero-order valence-corrected chi connectivity index (χ0v) is 12.3. The SMILES string of the molecule is CCC1CCCCCN1CCNCC1CCCC1. The Bertz CT molecular complexity index is 211. The van der Waals surface area contributed by atoms with Gasteiger partial charge in [-0.05, 0) is 51.1 Å². The first-order valence-electron chi connectivity index (χ1n) is 8.35. The van der Waals surface area contributed by atoms with Gasteiger partial charge in [0.15, 0.2) is 0 Å². The molecule has 1 aliphatic heterocycles. The predicted molar refractivity (Wildman–Crippen MR) is 78.9 cm³/mol. The summed E-state index contributed by atoms with van der Waals surface area (Å²) in [4.78, 5) is 2.74. The third-order valence-electron chi connectivity index (χ3n) is 4.95. The van der Waals surface area contributed by atoms with E-state index in [0.29, 0.717) is 0 Å². The standard InChI is InChI=1S/C16H32N2/c1-2-16-10-4-3-7-12-18(16)13-11-17-14-15-8-5-6-9-15/h15-17H,2-14H2,1H3. The van der Waals surface area contributed by atoms with Crippen molar-refractivity contribution in [3.63, 3.8) is 0 Å². The van der Waals surface area contributed by atoms with Crippen LogP contribution in [0.3, 0.4) is 0 Å². The topological polar surface area (TPSA) is 15.3 Å². The van der Waals surface area contributed by atoms with Gasteiger partial charge in [0, 0.05) is 19.1 Å². The molecule has 1 aliphatic carbocycles. The van der Waals surface area contributed by atoms with Crippen LogP contribution < -0.4 is 5.32 Å². The van der Waals surface area contributed by atoms with Gasteiger partial charge in [-0.25, -0.2) is 0 Å². The van der Waals surface area contributed by atoms with E-state index in [1.807, 2.05) is 0 Å². The molecule has 1 atom stereocenters. The molecule has 0 bridgehead atoms. The van der Waals surface area contributed by atoms with Crippen molar-refractivity contribution >= 4 is 0 Å². The lowest BCUT2D eigenvalue weighted by Crippen LogP contribution is -2.40. The van der Waals surface area contributed by atoms with Crippen molar-refractivity contribution in [3.05, 3.63) is 0 Å². The monoisotopic (exact) mass is 252 g/mol. The first-order chi connectivity index (χ1) is 8.90. The quantitative estimate of drug-likeness (QED) is 0.729. The van der Waals surface area contributed by atoms with E-state index in [9.17, 15) is 0 Å². The summed E-state index contributed by atoms with van der Waals surface area (Å²) in [6.07, 6.45) is 12.9. The van der Waals surface area contributed by atoms with Crippen molar-refractivity contribution in [1.29, 1.82) is 0 Å². The highest BCUT2D eigenvalue weighted by Gasteiger charge is 2.19. The molecular weight excluding hydrogens is 220 g/mol. The minimum atomic E-state index is 0.862.